The maximum atomic E-state index is 13.8. The van der Waals surface area contributed by atoms with Gasteiger partial charge in [-0.25, -0.2) is 9.18 Å². The van der Waals surface area contributed by atoms with Crippen molar-refractivity contribution in [3.8, 4) is 0 Å². The minimum atomic E-state index is -0.218. The number of piperazine rings is 1. The van der Waals surface area contributed by atoms with Crippen LogP contribution in [0.3, 0.4) is 0 Å². The average molecular weight is 425 g/mol. The van der Waals surface area contributed by atoms with E-state index in [1.54, 1.807) is 17.0 Å². The summed E-state index contributed by atoms with van der Waals surface area (Å²) in [6, 6.07) is 14.3. The van der Waals surface area contributed by atoms with Gasteiger partial charge in [-0.05, 0) is 46.9 Å². The van der Waals surface area contributed by atoms with Gasteiger partial charge in [0.05, 0.1) is 11.4 Å². The van der Waals surface area contributed by atoms with Gasteiger partial charge in [-0.1, -0.05) is 24.3 Å². The highest BCUT2D eigenvalue weighted by Gasteiger charge is 2.22. The topological polar surface area (TPSA) is 35.6 Å². The summed E-state index contributed by atoms with van der Waals surface area (Å²) in [5, 5.41) is 2.93. The zero-order valence-electron chi connectivity index (χ0n) is 12.5. The summed E-state index contributed by atoms with van der Waals surface area (Å²) in [6.45, 7) is 2.40. The van der Waals surface area contributed by atoms with E-state index < -0.39 is 0 Å². The Morgan fingerprint density at radius 1 is 1.00 bits per heavy atom. The summed E-state index contributed by atoms with van der Waals surface area (Å²) < 4.78 is 14.8. The average Bonchev–Trinajstić information content (AvgIpc) is 2.57. The molecule has 0 unspecified atom stereocenters. The fraction of sp³-hybridized carbons (Fsp3) is 0.235. The summed E-state index contributed by atoms with van der Waals surface area (Å²) in [7, 11) is 0. The van der Waals surface area contributed by atoms with Gasteiger partial charge in [0.1, 0.15) is 5.82 Å². The Bertz CT molecular complexity index is 702. The first-order valence-corrected chi connectivity index (χ1v) is 8.53. The van der Waals surface area contributed by atoms with Crippen LogP contribution in [0.15, 0.2) is 48.5 Å². The molecule has 0 radical (unpaired) electrons. The molecule has 1 saturated heterocycles. The molecular weight excluding hydrogens is 408 g/mol. The molecule has 0 aliphatic carbocycles. The number of halogens is 2. The number of carbonyl (C=O) groups is 1. The highest BCUT2D eigenvalue weighted by atomic mass is 127. The molecular formula is C17H17FIN3O. The van der Waals surface area contributed by atoms with Gasteiger partial charge in [0.2, 0.25) is 0 Å². The normalized spacial score (nSPS) is 14.7. The third kappa shape index (κ3) is 3.74. The molecule has 6 heteroatoms. The molecule has 0 atom stereocenters. The number of carbonyl (C=O) groups excluding carboxylic acids is 1. The van der Waals surface area contributed by atoms with Crippen LogP contribution in [0.5, 0.6) is 0 Å². The summed E-state index contributed by atoms with van der Waals surface area (Å²) in [5.74, 6) is -0.218. The number of hydrogen-bond acceptors (Lipinski definition) is 2. The minimum Gasteiger partial charge on any atom is -0.366 e. The number of hydrogen-bond donors (Lipinski definition) is 1. The monoisotopic (exact) mass is 425 g/mol. The van der Waals surface area contributed by atoms with Gasteiger partial charge in [0, 0.05) is 29.7 Å². The molecule has 0 spiro atoms. The summed E-state index contributed by atoms with van der Waals surface area (Å²) in [5.41, 5.74) is 1.42. The molecule has 2 aromatic carbocycles. The summed E-state index contributed by atoms with van der Waals surface area (Å²) in [4.78, 5) is 16.1. The SMILES string of the molecule is O=C(Nc1ccccc1I)N1CCN(c2ccccc2F)CC1. The molecule has 1 fully saturated rings. The third-order valence-corrected chi connectivity index (χ3v) is 4.82. The van der Waals surface area contributed by atoms with Crippen LogP contribution in [0.25, 0.3) is 0 Å². The maximum Gasteiger partial charge on any atom is 0.321 e. The van der Waals surface area contributed by atoms with E-state index in [9.17, 15) is 9.18 Å². The Balaban J connectivity index is 1.60. The predicted octanol–water partition coefficient (Wildman–Crippen LogP) is 3.78. The van der Waals surface area contributed by atoms with Crippen molar-refractivity contribution in [1.29, 1.82) is 0 Å². The lowest BCUT2D eigenvalue weighted by molar-refractivity contribution is 0.208. The van der Waals surface area contributed by atoms with Crippen molar-refractivity contribution in [2.45, 2.75) is 0 Å². The van der Waals surface area contributed by atoms with Gasteiger partial charge in [0.25, 0.3) is 0 Å². The molecule has 1 heterocycles. The van der Waals surface area contributed by atoms with E-state index in [-0.39, 0.29) is 11.8 Å². The quantitative estimate of drug-likeness (QED) is 0.744. The molecule has 1 aliphatic heterocycles. The van der Waals surface area contributed by atoms with Crippen molar-refractivity contribution >= 4 is 40.0 Å². The molecule has 0 saturated carbocycles. The highest BCUT2D eigenvalue weighted by Crippen LogP contribution is 2.21. The van der Waals surface area contributed by atoms with Crippen LogP contribution in [0.1, 0.15) is 0 Å². The Kier molecular flexibility index (Phi) is 5.00. The lowest BCUT2D eigenvalue weighted by Gasteiger charge is -2.36. The van der Waals surface area contributed by atoms with E-state index in [0.29, 0.717) is 31.9 Å². The molecule has 2 aromatic rings. The first kappa shape index (κ1) is 16.0. The lowest BCUT2D eigenvalue weighted by atomic mass is 10.2. The maximum absolute atomic E-state index is 13.8. The van der Waals surface area contributed by atoms with Crippen molar-refractivity contribution in [1.82, 2.24) is 4.90 Å². The van der Waals surface area contributed by atoms with Crippen molar-refractivity contribution in [2.75, 3.05) is 36.4 Å². The number of amides is 2. The Morgan fingerprint density at radius 3 is 2.35 bits per heavy atom. The molecule has 0 bridgehead atoms. The number of anilines is 2. The number of rotatable bonds is 2. The molecule has 1 N–H and O–H groups in total. The Hall–Kier alpha value is -1.83. The van der Waals surface area contributed by atoms with Gasteiger partial charge in [-0.3, -0.25) is 0 Å². The molecule has 4 nitrogen and oxygen atoms in total. The third-order valence-electron chi connectivity index (χ3n) is 3.88. The van der Waals surface area contributed by atoms with E-state index in [4.69, 9.17) is 0 Å². The number of benzene rings is 2. The highest BCUT2D eigenvalue weighted by molar-refractivity contribution is 14.1. The van der Waals surface area contributed by atoms with Crippen molar-refractivity contribution in [3.05, 3.63) is 57.9 Å². The van der Waals surface area contributed by atoms with Crippen LogP contribution in [0.4, 0.5) is 20.6 Å². The molecule has 2 amide bonds. The van der Waals surface area contributed by atoms with Crippen LogP contribution in [0, 0.1) is 9.39 Å². The molecule has 0 aromatic heterocycles. The fourth-order valence-electron chi connectivity index (χ4n) is 2.62. The van der Waals surface area contributed by atoms with Crippen LogP contribution < -0.4 is 10.2 Å². The second-order valence-electron chi connectivity index (χ2n) is 5.34. The van der Waals surface area contributed by atoms with E-state index in [1.807, 2.05) is 35.2 Å². The summed E-state index contributed by atoms with van der Waals surface area (Å²) in [6.07, 6.45) is 0. The van der Waals surface area contributed by atoms with Crippen molar-refractivity contribution in [2.24, 2.45) is 0 Å². The first-order chi connectivity index (χ1) is 11.1. The zero-order chi connectivity index (χ0) is 16.2. The lowest BCUT2D eigenvalue weighted by Crippen LogP contribution is -2.50. The minimum absolute atomic E-state index is 0.109. The van der Waals surface area contributed by atoms with E-state index in [0.717, 1.165) is 9.26 Å². The summed E-state index contributed by atoms with van der Waals surface area (Å²) >= 11 is 2.20. The van der Waals surface area contributed by atoms with Crippen molar-refractivity contribution in [3.63, 3.8) is 0 Å². The Morgan fingerprint density at radius 2 is 1.65 bits per heavy atom. The first-order valence-electron chi connectivity index (χ1n) is 7.45. The van der Waals surface area contributed by atoms with Crippen LogP contribution in [-0.4, -0.2) is 37.1 Å². The van der Waals surface area contributed by atoms with Gasteiger partial charge in [-0.15, -0.1) is 0 Å². The second-order valence-corrected chi connectivity index (χ2v) is 6.50. The van der Waals surface area contributed by atoms with Crippen molar-refractivity contribution < 1.29 is 9.18 Å². The van der Waals surface area contributed by atoms with Gasteiger partial charge < -0.3 is 15.1 Å². The predicted molar refractivity (Wildman–Crippen MR) is 98.4 cm³/mol. The smallest absolute Gasteiger partial charge is 0.321 e. The standard InChI is InChI=1S/C17H17FIN3O/c18-13-5-1-4-8-16(13)21-9-11-22(12-10-21)17(23)20-15-7-3-2-6-14(15)19/h1-8H,9-12H2,(H,20,23). The molecule has 1 aliphatic rings. The van der Waals surface area contributed by atoms with Crippen LogP contribution >= 0.6 is 22.6 Å². The van der Waals surface area contributed by atoms with Crippen LogP contribution in [0.2, 0.25) is 0 Å². The van der Waals surface area contributed by atoms with Gasteiger partial charge >= 0.3 is 6.03 Å². The number of nitrogens with zero attached hydrogens (tertiary/aromatic N) is 2. The number of urea groups is 1. The van der Waals surface area contributed by atoms with E-state index in [1.165, 1.54) is 6.07 Å². The Labute approximate surface area is 148 Å². The largest absolute Gasteiger partial charge is 0.366 e. The van der Waals surface area contributed by atoms with Gasteiger partial charge in [-0.2, -0.15) is 0 Å². The molecule has 120 valence electrons. The molecule has 23 heavy (non-hydrogen) atoms. The molecule has 3 rings (SSSR count). The van der Waals surface area contributed by atoms with E-state index >= 15 is 0 Å². The van der Waals surface area contributed by atoms with E-state index in [2.05, 4.69) is 27.9 Å². The number of nitrogens with one attached hydrogen (secondary N) is 1. The van der Waals surface area contributed by atoms with Crippen LogP contribution in [-0.2, 0) is 0 Å². The zero-order valence-corrected chi connectivity index (χ0v) is 14.7. The fourth-order valence-corrected chi connectivity index (χ4v) is 3.14. The number of para-hydroxylation sites is 2. The van der Waals surface area contributed by atoms with Gasteiger partial charge in [0.15, 0.2) is 0 Å². The second kappa shape index (κ2) is 7.16.